The summed E-state index contributed by atoms with van der Waals surface area (Å²) in [5.74, 6) is 1.55. The van der Waals surface area contributed by atoms with Crippen LogP contribution in [-0.2, 0) is 0 Å². The summed E-state index contributed by atoms with van der Waals surface area (Å²) >= 11 is 0. The molecule has 0 radical (unpaired) electrons. The number of furan rings is 1. The molecule has 0 saturated carbocycles. The quantitative estimate of drug-likeness (QED) is 0.575. The summed E-state index contributed by atoms with van der Waals surface area (Å²) in [4.78, 5) is 8.49. The van der Waals surface area contributed by atoms with Gasteiger partial charge in [0, 0.05) is 29.4 Å². The number of nitrogens with zero attached hydrogens (tertiary/aromatic N) is 4. The average molecular weight is 353 g/mol. The minimum atomic E-state index is 0.248. The molecule has 2 heterocycles. The van der Waals surface area contributed by atoms with E-state index in [1.807, 2.05) is 6.07 Å². The summed E-state index contributed by atoms with van der Waals surface area (Å²) in [5, 5.41) is 21.6. The number of rotatable bonds is 4. The van der Waals surface area contributed by atoms with E-state index in [9.17, 15) is 0 Å². The van der Waals surface area contributed by atoms with Gasteiger partial charge < -0.3 is 14.5 Å². The summed E-state index contributed by atoms with van der Waals surface area (Å²) in [6.45, 7) is 0. The second kappa shape index (κ2) is 6.87. The van der Waals surface area contributed by atoms with Crippen molar-refractivity contribution < 1.29 is 9.15 Å². The molecule has 0 spiro atoms. The number of aromatic nitrogens is 2. The molecule has 1 N–H and O–H groups in total. The standard InChI is InChI=1S/C20H11N5O2/c21-11-13-1-3-15(4-2-13)24-20-23-8-7-19(25-20)27-16-5-6-18-14(9-16)10-17(12-22)26-18/h1-10H,(H,23,24,25). The van der Waals surface area contributed by atoms with Crippen molar-refractivity contribution in [2.75, 3.05) is 5.32 Å². The zero-order chi connectivity index (χ0) is 18.6. The first kappa shape index (κ1) is 16.1. The summed E-state index contributed by atoms with van der Waals surface area (Å²) < 4.78 is 11.1. The normalized spacial score (nSPS) is 10.1. The van der Waals surface area contributed by atoms with Gasteiger partial charge in [-0.05, 0) is 42.5 Å². The molecule has 0 fully saturated rings. The Morgan fingerprint density at radius 1 is 0.963 bits per heavy atom. The van der Waals surface area contributed by atoms with Crippen molar-refractivity contribution in [3.05, 3.63) is 72.1 Å². The van der Waals surface area contributed by atoms with Gasteiger partial charge in [-0.15, -0.1) is 0 Å². The third-order valence-electron chi connectivity index (χ3n) is 3.72. The average Bonchev–Trinajstić information content (AvgIpc) is 3.11. The van der Waals surface area contributed by atoms with E-state index in [1.165, 1.54) is 0 Å². The van der Waals surface area contributed by atoms with Crippen LogP contribution in [0, 0.1) is 22.7 Å². The van der Waals surface area contributed by atoms with Crippen LogP contribution in [0.2, 0.25) is 0 Å². The molecule has 0 bridgehead atoms. The summed E-state index contributed by atoms with van der Waals surface area (Å²) in [7, 11) is 0. The topological polar surface area (TPSA) is 108 Å². The number of nitrogens with one attached hydrogen (secondary N) is 1. The smallest absolute Gasteiger partial charge is 0.230 e. The highest BCUT2D eigenvalue weighted by molar-refractivity contribution is 5.80. The molecule has 7 nitrogen and oxygen atoms in total. The highest BCUT2D eigenvalue weighted by Crippen LogP contribution is 2.27. The van der Waals surface area contributed by atoms with Gasteiger partial charge in [-0.25, -0.2) is 4.98 Å². The maximum absolute atomic E-state index is 8.91. The Kier molecular flexibility index (Phi) is 4.10. The maximum Gasteiger partial charge on any atom is 0.230 e. The van der Waals surface area contributed by atoms with Gasteiger partial charge in [0.25, 0.3) is 0 Å². The molecule has 0 saturated heterocycles. The number of ether oxygens (including phenoxy) is 1. The highest BCUT2D eigenvalue weighted by atomic mass is 16.5. The van der Waals surface area contributed by atoms with Gasteiger partial charge in [0.2, 0.25) is 17.6 Å². The van der Waals surface area contributed by atoms with Crippen LogP contribution in [0.1, 0.15) is 11.3 Å². The Morgan fingerprint density at radius 2 is 1.81 bits per heavy atom. The van der Waals surface area contributed by atoms with Gasteiger partial charge in [0.15, 0.2) is 0 Å². The minimum absolute atomic E-state index is 0.248. The van der Waals surface area contributed by atoms with Gasteiger partial charge in [-0.1, -0.05) is 0 Å². The number of fused-ring (bicyclic) bond motifs is 1. The first-order valence-electron chi connectivity index (χ1n) is 7.95. The molecule has 7 heteroatoms. The zero-order valence-corrected chi connectivity index (χ0v) is 13.9. The minimum Gasteiger partial charge on any atom is -0.446 e. The molecule has 0 aliphatic heterocycles. The molecule has 0 unspecified atom stereocenters. The molecule has 27 heavy (non-hydrogen) atoms. The highest BCUT2D eigenvalue weighted by Gasteiger charge is 2.07. The van der Waals surface area contributed by atoms with Crippen LogP contribution in [-0.4, -0.2) is 9.97 Å². The van der Waals surface area contributed by atoms with Gasteiger partial charge in [-0.3, -0.25) is 0 Å². The number of anilines is 2. The lowest BCUT2D eigenvalue weighted by molar-refractivity contribution is 0.463. The molecule has 2 aromatic heterocycles. The Labute approximate surface area is 154 Å². The van der Waals surface area contributed by atoms with E-state index in [0.717, 1.165) is 11.1 Å². The second-order valence-electron chi connectivity index (χ2n) is 5.56. The monoisotopic (exact) mass is 353 g/mol. The van der Waals surface area contributed by atoms with E-state index < -0.39 is 0 Å². The van der Waals surface area contributed by atoms with E-state index in [2.05, 4.69) is 21.4 Å². The maximum atomic E-state index is 8.91. The van der Waals surface area contributed by atoms with Crippen LogP contribution >= 0.6 is 0 Å². The Balaban J connectivity index is 1.53. The van der Waals surface area contributed by atoms with Crippen LogP contribution in [0.15, 0.2) is 65.2 Å². The van der Waals surface area contributed by atoms with Gasteiger partial charge in [0.1, 0.15) is 17.4 Å². The lowest BCUT2D eigenvalue weighted by Gasteiger charge is -2.08. The summed E-state index contributed by atoms with van der Waals surface area (Å²) in [6.07, 6.45) is 1.58. The van der Waals surface area contributed by atoms with Gasteiger partial charge in [0.05, 0.1) is 11.6 Å². The SMILES string of the molecule is N#Cc1ccc(Nc2nccc(Oc3ccc4oc(C#N)cc4c3)n2)cc1. The van der Waals surface area contributed by atoms with Crippen molar-refractivity contribution in [2.45, 2.75) is 0 Å². The first-order chi connectivity index (χ1) is 13.2. The van der Waals surface area contributed by atoms with E-state index in [-0.39, 0.29) is 5.76 Å². The molecule has 128 valence electrons. The van der Waals surface area contributed by atoms with Gasteiger partial charge >= 0.3 is 0 Å². The Morgan fingerprint density at radius 3 is 2.59 bits per heavy atom. The fraction of sp³-hybridized carbons (Fsp3) is 0. The molecule has 4 aromatic rings. The van der Waals surface area contributed by atoms with Crippen molar-refractivity contribution in [1.82, 2.24) is 9.97 Å². The number of hydrogen-bond acceptors (Lipinski definition) is 7. The molecule has 2 aromatic carbocycles. The molecule has 4 rings (SSSR count). The van der Waals surface area contributed by atoms with Crippen LogP contribution in [0.4, 0.5) is 11.6 Å². The third kappa shape index (κ3) is 3.53. The Bertz CT molecular complexity index is 1200. The third-order valence-corrected chi connectivity index (χ3v) is 3.72. The van der Waals surface area contributed by atoms with E-state index >= 15 is 0 Å². The number of hydrogen-bond donors (Lipinski definition) is 1. The van der Waals surface area contributed by atoms with Crippen LogP contribution in [0.5, 0.6) is 11.6 Å². The van der Waals surface area contributed by atoms with Crippen LogP contribution < -0.4 is 10.1 Å². The predicted octanol–water partition coefficient (Wildman–Crippen LogP) is 4.50. The largest absolute Gasteiger partial charge is 0.446 e. The van der Waals surface area contributed by atoms with Crippen molar-refractivity contribution in [3.8, 4) is 23.8 Å². The number of benzene rings is 2. The van der Waals surface area contributed by atoms with Crippen LogP contribution in [0.25, 0.3) is 11.0 Å². The molecule has 0 aliphatic carbocycles. The predicted molar refractivity (Wildman–Crippen MR) is 97.5 cm³/mol. The lowest BCUT2D eigenvalue weighted by Crippen LogP contribution is -1.98. The number of nitriles is 2. The van der Waals surface area contributed by atoms with E-state index in [4.69, 9.17) is 19.7 Å². The first-order valence-corrected chi connectivity index (χ1v) is 7.95. The summed E-state index contributed by atoms with van der Waals surface area (Å²) in [6, 6.07) is 19.5. The lowest BCUT2D eigenvalue weighted by atomic mass is 10.2. The fourth-order valence-corrected chi connectivity index (χ4v) is 2.48. The van der Waals surface area contributed by atoms with Crippen LogP contribution in [0.3, 0.4) is 0 Å². The zero-order valence-electron chi connectivity index (χ0n) is 13.9. The molecule has 0 amide bonds. The van der Waals surface area contributed by atoms with E-state index in [0.29, 0.717) is 28.7 Å². The second-order valence-corrected chi connectivity index (χ2v) is 5.56. The van der Waals surface area contributed by atoms with Gasteiger partial charge in [-0.2, -0.15) is 15.5 Å². The molecular weight excluding hydrogens is 342 g/mol. The summed E-state index contributed by atoms with van der Waals surface area (Å²) in [5.41, 5.74) is 1.95. The molecule has 0 atom stereocenters. The molecular formula is C20H11N5O2. The van der Waals surface area contributed by atoms with E-state index in [1.54, 1.807) is 60.8 Å². The van der Waals surface area contributed by atoms with Crippen molar-refractivity contribution in [1.29, 1.82) is 10.5 Å². The van der Waals surface area contributed by atoms with Crippen molar-refractivity contribution in [2.24, 2.45) is 0 Å². The van der Waals surface area contributed by atoms with Crippen molar-refractivity contribution in [3.63, 3.8) is 0 Å². The Hall–Kier alpha value is -4.36. The fourth-order valence-electron chi connectivity index (χ4n) is 2.48. The molecule has 0 aliphatic rings. The van der Waals surface area contributed by atoms with Crippen molar-refractivity contribution >= 4 is 22.6 Å².